The maximum absolute atomic E-state index is 3.72. The smallest absolute Gasteiger partial charge is 0.00807 e. The van der Waals surface area contributed by atoms with E-state index in [2.05, 4.69) is 50.4 Å². The highest BCUT2D eigenvalue weighted by molar-refractivity contribution is 5.37. The largest absolute Gasteiger partial charge is 0.314 e. The minimum atomic E-state index is 0.383. The van der Waals surface area contributed by atoms with Crippen molar-refractivity contribution >= 4 is 0 Å². The van der Waals surface area contributed by atoms with E-state index in [1.807, 2.05) is 0 Å². The molecule has 0 aromatic heterocycles. The zero-order chi connectivity index (χ0) is 14.4. The maximum atomic E-state index is 3.72. The van der Waals surface area contributed by atoms with E-state index in [1.165, 1.54) is 44.9 Å². The lowest BCUT2D eigenvalue weighted by Gasteiger charge is -2.40. The third kappa shape index (κ3) is 3.63. The van der Waals surface area contributed by atoms with Gasteiger partial charge in [-0.15, -0.1) is 0 Å². The number of nitrogens with one attached hydrogen (secondary N) is 1. The Morgan fingerprint density at radius 1 is 1.20 bits per heavy atom. The van der Waals surface area contributed by atoms with Crippen molar-refractivity contribution in [3.05, 3.63) is 35.4 Å². The topological polar surface area (TPSA) is 12.0 Å². The van der Waals surface area contributed by atoms with Gasteiger partial charge in [-0.1, -0.05) is 64.3 Å². The lowest BCUT2D eigenvalue weighted by molar-refractivity contribution is 0.298. The summed E-state index contributed by atoms with van der Waals surface area (Å²) in [6.45, 7) is 7.96. The first-order valence-electron chi connectivity index (χ1n) is 8.50. The van der Waals surface area contributed by atoms with E-state index in [4.69, 9.17) is 0 Å². The first-order chi connectivity index (χ1) is 9.68. The maximum Gasteiger partial charge on any atom is 0.00807 e. The summed E-state index contributed by atoms with van der Waals surface area (Å²) in [7, 11) is 0. The zero-order valence-electron chi connectivity index (χ0n) is 13.5. The monoisotopic (exact) mass is 273 g/mol. The molecule has 20 heavy (non-hydrogen) atoms. The fourth-order valence-corrected chi connectivity index (χ4v) is 3.65. The average molecular weight is 273 g/mol. The van der Waals surface area contributed by atoms with Crippen LogP contribution in [0.4, 0.5) is 0 Å². The molecule has 0 fully saturated rings. The predicted octanol–water partition coefficient (Wildman–Crippen LogP) is 4.84. The van der Waals surface area contributed by atoms with Crippen LogP contribution in [0.3, 0.4) is 0 Å². The number of rotatable bonds is 7. The minimum Gasteiger partial charge on any atom is -0.314 e. The van der Waals surface area contributed by atoms with E-state index in [9.17, 15) is 0 Å². The van der Waals surface area contributed by atoms with Gasteiger partial charge in [-0.2, -0.15) is 0 Å². The Kier molecular flexibility index (Phi) is 5.65. The van der Waals surface area contributed by atoms with Gasteiger partial charge in [0.2, 0.25) is 0 Å². The molecule has 1 aromatic carbocycles. The van der Waals surface area contributed by atoms with Gasteiger partial charge in [0.25, 0.3) is 0 Å². The first kappa shape index (κ1) is 15.6. The van der Waals surface area contributed by atoms with Gasteiger partial charge in [-0.3, -0.25) is 0 Å². The lowest BCUT2D eigenvalue weighted by atomic mass is 9.67. The molecule has 0 heterocycles. The molecule has 0 aliphatic heterocycles. The van der Waals surface area contributed by atoms with E-state index < -0.39 is 0 Å². The van der Waals surface area contributed by atoms with Crippen LogP contribution in [-0.2, 0) is 11.8 Å². The van der Waals surface area contributed by atoms with Gasteiger partial charge in [0, 0.05) is 18.0 Å². The Labute approximate surface area is 125 Å². The molecular formula is C19H31N. The standard InChI is InChI=1S/C19H31N/c1-4-5-8-13-19(15-20-16(2)3)14-9-11-17-10-6-7-12-18(17)19/h6-7,10,12,16,20H,4-5,8-9,11,13-15H2,1-3H3. The fourth-order valence-electron chi connectivity index (χ4n) is 3.65. The molecule has 112 valence electrons. The van der Waals surface area contributed by atoms with Gasteiger partial charge in [-0.25, -0.2) is 0 Å². The van der Waals surface area contributed by atoms with Crippen molar-refractivity contribution in [1.82, 2.24) is 5.32 Å². The summed E-state index contributed by atoms with van der Waals surface area (Å²) in [4.78, 5) is 0. The molecule has 2 rings (SSSR count). The highest BCUT2D eigenvalue weighted by atomic mass is 14.9. The molecule has 1 heteroatoms. The number of benzene rings is 1. The van der Waals surface area contributed by atoms with Gasteiger partial charge in [-0.05, 0) is 36.8 Å². The molecule has 1 aromatic rings. The second-order valence-electron chi connectivity index (χ2n) is 6.78. The van der Waals surface area contributed by atoms with E-state index in [-0.39, 0.29) is 0 Å². The van der Waals surface area contributed by atoms with Crippen molar-refractivity contribution in [3.63, 3.8) is 0 Å². The highest BCUT2D eigenvalue weighted by Crippen LogP contribution is 2.41. The second-order valence-corrected chi connectivity index (χ2v) is 6.78. The molecule has 0 spiro atoms. The van der Waals surface area contributed by atoms with Crippen molar-refractivity contribution in [1.29, 1.82) is 0 Å². The number of hydrogen-bond donors (Lipinski definition) is 1. The molecule has 1 aliphatic rings. The van der Waals surface area contributed by atoms with Crippen LogP contribution in [0, 0.1) is 0 Å². The van der Waals surface area contributed by atoms with Crippen molar-refractivity contribution in [3.8, 4) is 0 Å². The number of aryl methyl sites for hydroxylation is 1. The summed E-state index contributed by atoms with van der Waals surface area (Å²) >= 11 is 0. The lowest BCUT2D eigenvalue weighted by Crippen LogP contribution is -2.43. The van der Waals surface area contributed by atoms with Crippen molar-refractivity contribution in [2.24, 2.45) is 0 Å². The van der Waals surface area contributed by atoms with Crippen LogP contribution < -0.4 is 5.32 Å². The first-order valence-corrected chi connectivity index (χ1v) is 8.50. The Morgan fingerprint density at radius 2 is 2.00 bits per heavy atom. The van der Waals surface area contributed by atoms with Crippen molar-refractivity contribution in [2.75, 3.05) is 6.54 Å². The third-order valence-corrected chi connectivity index (χ3v) is 4.80. The van der Waals surface area contributed by atoms with Crippen LogP contribution in [-0.4, -0.2) is 12.6 Å². The fraction of sp³-hybridized carbons (Fsp3) is 0.684. The summed E-state index contributed by atoms with van der Waals surface area (Å²) < 4.78 is 0. The summed E-state index contributed by atoms with van der Waals surface area (Å²) in [5.41, 5.74) is 3.62. The van der Waals surface area contributed by atoms with E-state index in [0.717, 1.165) is 6.54 Å². The van der Waals surface area contributed by atoms with Gasteiger partial charge >= 0.3 is 0 Å². The van der Waals surface area contributed by atoms with Crippen molar-refractivity contribution < 1.29 is 0 Å². The summed E-state index contributed by atoms with van der Waals surface area (Å²) in [5, 5.41) is 3.72. The molecule has 1 aliphatic carbocycles. The number of unbranched alkanes of at least 4 members (excludes halogenated alkanes) is 2. The SMILES string of the molecule is CCCCCC1(CNC(C)C)CCCc2ccccc21. The molecule has 0 amide bonds. The van der Waals surface area contributed by atoms with Crippen LogP contribution in [0.25, 0.3) is 0 Å². The summed E-state index contributed by atoms with van der Waals surface area (Å²) in [6, 6.07) is 9.75. The summed E-state index contributed by atoms with van der Waals surface area (Å²) in [5.74, 6) is 0. The quantitative estimate of drug-likeness (QED) is 0.701. The molecular weight excluding hydrogens is 242 g/mol. The zero-order valence-corrected chi connectivity index (χ0v) is 13.5. The molecule has 1 atom stereocenters. The third-order valence-electron chi connectivity index (χ3n) is 4.80. The Balaban J connectivity index is 2.22. The molecule has 1 unspecified atom stereocenters. The van der Waals surface area contributed by atoms with Gasteiger partial charge in [0.15, 0.2) is 0 Å². The predicted molar refractivity (Wildman–Crippen MR) is 88.3 cm³/mol. The van der Waals surface area contributed by atoms with E-state index in [1.54, 1.807) is 11.1 Å². The molecule has 1 nitrogen and oxygen atoms in total. The van der Waals surface area contributed by atoms with Crippen LogP contribution in [0.5, 0.6) is 0 Å². The molecule has 0 bridgehead atoms. The van der Waals surface area contributed by atoms with Crippen LogP contribution in [0.1, 0.15) is 70.4 Å². The van der Waals surface area contributed by atoms with Gasteiger partial charge in [0.1, 0.15) is 0 Å². The van der Waals surface area contributed by atoms with Crippen LogP contribution in [0.2, 0.25) is 0 Å². The molecule has 1 N–H and O–H groups in total. The van der Waals surface area contributed by atoms with Crippen LogP contribution in [0.15, 0.2) is 24.3 Å². The Hall–Kier alpha value is -0.820. The number of hydrogen-bond acceptors (Lipinski definition) is 1. The highest BCUT2D eigenvalue weighted by Gasteiger charge is 2.35. The average Bonchev–Trinajstić information content (AvgIpc) is 2.46. The minimum absolute atomic E-state index is 0.383. The second kappa shape index (κ2) is 7.26. The molecule has 0 saturated carbocycles. The molecule has 0 saturated heterocycles. The van der Waals surface area contributed by atoms with Gasteiger partial charge < -0.3 is 5.32 Å². The van der Waals surface area contributed by atoms with Crippen molar-refractivity contribution in [2.45, 2.75) is 77.2 Å². The van der Waals surface area contributed by atoms with E-state index >= 15 is 0 Å². The Bertz CT molecular complexity index is 410. The number of fused-ring (bicyclic) bond motifs is 1. The van der Waals surface area contributed by atoms with Crippen LogP contribution >= 0.6 is 0 Å². The summed E-state index contributed by atoms with van der Waals surface area (Å²) in [6.07, 6.45) is 9.37. The van der Waals surface area contributed by atoms with Gasteiger partial charge in [0.05, 0.1) is 0 Å². The molecule has 0 radical (unpaired) electrons. The Morgan fingerprint density at radius 3 is 2.75 bits per heavy atom. The normalized spacial score (nSPS) is 22.0. The van der Waals surface area contributed by atoms with E-state index in [0.29, 0.717) is 11.5 Å².